The van der Waals surface area contributed by atoms with E-state index >= 15 is 0 Å². The standard InChI is InChI=1S/C58H44N6S2/c59-53(65-57(61)63(45-23-11-3-12-24-45)46-25-13-4-14-26-46)37-33-41-31-35-49-51(39-41)52-40-42(32-36-50(52)56(44-21-9-2-10-22-44)55(49)43-19-7-1-8-20-43)34-38-54(60)66-58(62)64(47-27-15-5-16-28-47)48-29-17-6-18-30-48/h1-40,59-62H/p+2/b37-33+,38-34+,59-53?,60-54?,61-57?,62-58?. The molecule has 0 aliphatic rings. The van der Waals surface area contributed by atoms with Gasteiger partial charge in [-0.2, -0.15) is 9.80 Å². The Morgan fingerprint density at radius 1 is 0.364 bits per heavy atom. The van der Waals surface area contributed by atoms with Crippen LogP contribution in [-0.4, -0.2) is 20.4 Å². The van der Waals surface area contributed by atoms with Gasteiger partial charge in [0.1, 0.15) is 22.7 Å². The molecular weight excluding hydrogens is 845 g/mol. The third-order valence-corrected chi connectivity index (χ3v) is 12.6. The molecule has 0 aliphatic heterocycles. The van der Waals surface area contributed by atoms with Gasteiger partial charge in [-0.3, -0.25) is 21.6 Å². The predicted octanol–water partition coefficient (Wildman–Crippen LogP) is 12.7. The summed E-state index contributed by atoms with van der Waals surface area (Å²) < 4.78 is 0. The fourth-order valence-corrected chi connectivity index (χ4v) is 9.46. The molecule has 9 aromatic carbocycles. The number of rotatable bonds is 10. The van der Waals surface area contributed by atoms with Crippen molar-refractivity contribution in [3.63, 3.8) is 0 Å². The van der Waals surface area contributed by atoms with E-state index in [4.69, 9.17) is 21.6 Å². The Bertz CT molecular complexity index is 2950. The molecule has 66 heavy (non-hydrogen) atoms. The second-order valence-corrected chi connectivity index (χ2v) is 17.5. The van der Waals surface area contributed by atoms with E-state index in [1.165, 1.54) is 23.5 Å². The molecule has 318 valence electrons. The summed E-state index contributed by atoms with van der Waals surface area (Å²) in [7, 11) is 0. The maximum absolute atomic E-state index is 9.02. The van der Waals surface area contributed by atoms with Gasteiger partial charge in [0.25, 0.3) is 0 Å². The third kappa shape index (κ3) is 9.71. The molecule has 0 saturated carbocycles. The van der Waals surface area contributed by atoms with Crippen LogP contribution in [0.4, 0.5) is 22.7 Å². The quantitative estimate of drug-likeness (QED) is 0.0623. The molecule has 0 radical (unpaired) electrons. The van der Waals surface area contributed by atoms with Gasteiger partial charge in [-0.1, -0.05) is 170 Å². The van der Waals surface area contributed by atoms with Crippen LogP contribution in [-0.2, 0) is 0 Å². The zero-order chi connectivity index (χ0) is 45.2. The molecule has 0 atom stereocenters. The smallest absolute Gasteiger partial charge is 0.293 e. The summed E-state index contributed by atoms with van der Waals surface area (Å²) in [4.78, 5) is 3.93. The molecule has 0 saturated heterocycles. The summed E-state index contributed by atoms with van der Waals surface area (Å²) in [5, 5.41) is 37.5. The number of hydrogen-bond acceptors (Lipinski definition) is 4. The molecule has 0 bridgehead atoms. The Labute approximate surface area is 393 Å². The minimum atomic E-state index is 0.306. The molecule has 0 heterocycles. The van der Waals surface area contributed by atoms with Crippen molar-refractivity contribution in [2.45, 2.75) is 0 Å². The van der Waals surface area contributed by atoms with E-state index in [0.717, 1.165) is 77.7 Å². The van der Waals surface area contributed by atoms with Crippen molar-refractivity contribution in [2.75, 3.05) is 9.80 Å². The molecular formula is C58H46N6S2+2. The summed E-state index contributed by atoms with van der Waals surface area (Å²) in [6.07, 6.45) is 7.58. The second kappa shape index (κ2) is 20.2. The van der Waals surface area contributed by atoms with Crippen molar-refractivity contribution in [1.82, 2.24) is 0 Å². The Balaban J connectivity index is 1.07. The lowest BCUT2D eigenvalue weighted by Gasteiger charge is -2.19. The zero-order valence-electron chi connectivity index (χ0n) is 36.0. The van der Waals surface area contributed by atoms with Crippen LogP contribution in [0.3, 0.4) is 0 Å². The number of thioether (sulfide) groups is 2. The lowest BCUT2D eigenvalue weighted by atomic mass is 9.84. The van der Waals surface area contributed by atoms with Gasteiger partial charge in [0.2, 0.25) is 0 Å². The van der Waals surface area contributed by atoms with Crippen LogP contribution in [0.25, 0.3) is 56.0 Å². The minimum Gasteiger partial charge on any atom is -0.293 e. The zero-order valence-corrected chi connectivity index (χ0v) is 37.6. The average molecular weight is 891 g/mol. The number of fused-ring (bicyclic) bond motifs is 3. The maximum Gasteiger partial charge on any atom is 0.320 e. The highest BCUT2D eigenvalue weighted by molar-refractivity contribution is 8.27. The molecule has 0 unspecified atom stereocenters. The Morgan fingerprint density at radius 3 is 0.955 bits per heavy atom. The highest BCUT2D eigenvalue weighted by atomic mass is 32.2. The average Bonchev–Trinajstić information content (AvgIpc) is 3.36. The lowest BCUT2D eigenvalue weighted by Crippen LogP contribution is -2.47. The van der Waals surface area contributed by atoms with Gasteiger partial charge in [0, 0.05) is 23.5 Å². The van der Waals surface area contributed by atoms with Crippen LogP contribution in [0.15, 0.2) is 231 Å². The van der Waals surface area contributed by atoms with E-state index in [0.29, 0.717) is 20.4 Å². The van der Waals surface area contributed by atoms with Gasteiger partial charge in [0.05, 0.1) is 10.1 Å². The summed E-state index contributed by atoms with van der Waals surface area (Å²) in [5.74, 6) is 0. The first-order chi connectivity index (χ1) is 32.4. The summed E-state index contributed by atoms with van der Waals surface area (Å²) in [5.41, 5.74) is 10.1. The van der Waals surface area contributed by atoms with Crippen molar-refractivity contribution < 1.29 is 10.8 Å². The van der Waals surface area contributed by atoms with E-state index in [9.17, 15) is 0 Å². The van der Waals surface area contributed by atoms with Gasteiger partial charge in [-0.15, -0.1) is 0 Å². The van der Waals surface area contributed by atoms with Crippen LogP contribution < -0.4 is 20.6 Å². The number of nitrogens with one attached hydrogen (secondary N) is 2. The van der Waals surface area contributed by atoms with E-state index < -0.39 is 0 Å². The lowest BCUT2D eigenvalue weighted by molar-refractivity contribution is -0.110. The molecule has 6 nitrogen and oxygen atoms in total. The largest absolute Gasteiger partial charge is 0.320 e. The molecule has 8 heteroatoms. The molecule has 0 amide bonds. The van der Waals surface area contributed by atoms with Gasteiger partial charge in [-0.25, -0.2) is 0 Å². The molecule has 9 rings (SSSR count). The normalized spacial score (nSPS) is 11.3. The minimum absolute atomic E-state index is 0.306. The highest BCUT2D eigenvalue weighted by Gasteiger charge is 2.26. The Morgan fingerprint density at radius 2 is 0.652 bits per heavy atom. The number of amidine groups is 2. The summed E-state index contributed by atoms with van der Waals surface area (Å²) >= 11 is 2.43. The number of anilines is 4. The highest BCUT2D eigenvalue weighted by Crippen LogP contribution is 2.45. The fourth-order valence-electron chi connectivity index (χ4n) is 8.14. The van der Waals surface area contributed by atoms with Gasteiger partial charge >= 0.3 is 10.3 Å². The van der Waals surface area contributed by atoms with E-state index in [-0.39, 0.29) is 0 Å². The predicted molar refractivity (Wildman–Crippen MR) is 285 cm³/mol. The van der Waals surface area contributed by atoms with Gasteiger partial charge < -0.3 is 0 Å². The molecule has 0 fully saturated rings. The van der Waals surface area contributed by atoms with Crippen molar-refractivity contribution in [3.8, 4) is 22.3 Å². The molecule has 6 N–H and O–H groups in total. The number of benzene rings is 9. The van der Waals surface area contributed by atoms with E-state index in [1.54, 1.807) is 0 Å². The monoisotopic (exact) mass is 890 g/mol. The van der Waals surface area contributed by atoms with Crippen LogP contribution in [0.5, 0.6) is 0 Å². The topological polar surface area (TPSA) is 105 Å². The maximum atomic E-state index is 9.02. The van der Waals surface area contributed by atoms with Crippen LogP contribution >= 0.6 is 23.5 Å². The van der Waals surface area contributed by atoms with Crippen molar-refractivity contribution in [2.24, 2.45) is 0 Å². The van der Waals surface area contributed by atoms with Crippen LogP contribution in [0.2, 0.25) is 0 Å². The molecule has 0 spiro atoms. The van der Waals surface area contributed by atoms with Crippen LogP contribution in [0.1, 0.15) is 11.1 Å². The Kier molecular flexibility index (Phi) is 13.2. The number of nitrogens with two attached hydrogens (primary N) is 2. The summed E-state index contributed by atoms with van der Waals surface area (Å²) in [6, 6.07) is 74.1. The number of para-hydroxylation sites is 4. The fraction of sp³-hybridized carbons (Fsp3) is 0. The molecule has 0 aromatic heterocycles. The van der Waals surface area contributed by atoms with Crippen LogP contribution in [0, 0.1) is 10.8 Å². The SMILES string of the molecule is N=C(/C=C/c1ccc2c(-c3ccccc3)c(-c3ccccc3)c3ccc(/C=C/C(=N)SC(=[NH2+])N(c4ccccc4)c4ccccc4)cc3c2c1)SC(=[NH2+])N(c1ccccc1)c1ccccc1. The van der Waals surface area contributed by atoms with Crippen molar-refractivity contribution in [1.29, 1.82) is 10.8 Å². The Hall–Kier alpha value is -8.04. The number of hydrogen-bond donors (Lipinski definition) is 4. The van der Waals surface area contributed by atoms with E-state index in [1.807, 2.05) is 155 Å². The number of nitrogens with zero attached hydrogens (tertiary/aromatic N) is 2. The van der Waals surface area contributed by atoms with Gasteiger partial charge in [-0.05, 0) is 128 Å². The van der Waals surface area contributed by atoms with E-state index in [2.05, 4.69) is 97.1 Å². The van der Waals surface area contributed by atoms with Gasteiger partial charge in [0.15, 0.2) is 0 Å². The first kappa shape index (κ1) is 43.2. The van der Waals surface area contributed by atoms with Crippen molar-refractivity contribution in [3.05, 3.63) is 242 Å². The van der Waals surface area contributed by atoms with Crippen molar-refractivity contribution >= 4 is 100 Å². The second-order valence-electron chi connectivity index (χ2n) is 15.4. The molecule has 0 aliphatic carbocycles. The molecule has 9 aromatic rings. The first-order valence-corrected chi connectivity index (χ1v) is 23.1. The first-order valence-electron chi connectivity index (χ1n) is 21.5. The summed E-state index contributed by atoms with van der Waals surface area (Å²) in [6.45, 7) is 0. The third-order valence-electron chi connectivity index (χ3n) is 11.1.